The van der Waals surface area contributed by atoms with E-state index in [4.69, 9.17) is 4.74 Å². The molecular weight excluding hydrogens is 180 g/mol. The van der Waals surface area contributed by atoms with Crippen molar-refractivity contribution in [2.75, 3.05) is 6.61 Å². The van der Waals surface area contributed by atoms with E-state index < -0.39 is 0 Å². The fourth-order valence-corrected chi connectivity index (χ4v) is 1.29. The highest BCUT2D eigenvalue weighted by Gasteiger charge is 2.09. The van der Waals surface area contributed by atoms with Gasteiger partial charge in [-0.05, 0) is 31.5 Å². The van der Waals surface area contributed by atoms with Gasteiger partial charge < -0.3 is 4.74 Å². The molecule has 74 valence electrons. The number of benzene rings is 1. The van der Waals surface area contributed by atoms with E-state index in [1.807, 2.05) is 13.8 Å². The molecule has 0 bridgehead atoms. The first-order valence-electron chi connectivity index (χ1n) is 4.40. The Bertz CT molecular complexity index is 356. The van der Waals surface area contributed by atoms with E-state index in [-0.39, 0.29) is 0 Å². The van der Waals surface area contributed by atoms with Crippen molar-refractivity contribution in [3.63, 3.8) is 0 Å². The fourth-order valence-electron chi connectivity index (χ4n) is 1.29. The zero-order valence-electron chi connectivity index (χ0n) is 8.24. The lowest BCUT2D eigenvalue weighted by atomic mass is 10.1. The minimum atomic E-state index is 0.326. The molecule has 0 spiro atoms. The van der Waals surface area contributed by atoms with Crippen molar-refractivity contribution in [1.82, 2.24) is 0 Å². The highest BCUT2D eigenvalue weighted by Crippen LogP contribution is 2.22. The topological polar surface area (TPSA) is 43.4 Å². The summed E-state index contributed by atoms with van der Waals surface area (Å²) in [6.07, 6.45) is 1.31. The molecule has 0 atom stereocenters. The van der Waals surface area contributed by atoms with E-state index >= 15 is 0 Å². The van der Waals surface area contributed by atoms with Crippen molar-refractivity contribution < 1.29 is 14.3 Å². The minimum Gasteiger partial charge on any atom is -0.493 e. The Morgan fingerprint density at radius 1 is 1.29 bits per heavy atom. The van der Waals surface area contributed by atoms with Gasteiger partial charge in [0.2, 0.25) is 0 Å². The van der Waals surface area contributed by atoms with Crippen LogP contribution in [0.1, 0.15) is 33.2 Å². The van der Waals surface area contributed by atoms with Gasteiger partial charge >= 0.3 is 0 Å². The molecule has 1 rings (SSSR count). The van der Waals surface area contributed by atoms with Crippen LogP contribution in [0.25, 0.3) is 0 Å². The molecule has 0 aliphatic carbocycles. The standard InChI is InChI=1S/C11H12O3/c1-3-14-11-5-8(2)4-9(6-12)10(11)7-13/h4-7H,3H2,1-2H3. The van der Waals surface area contributed by atoms with Crippen molar-refractivity contribution >= 4 is 12.6 Å². The smallest absolute Gasteiger partial charge is 0.154 e. The monoisotopic (exact) mass is 192 g/mol. The van der Waals surface area contributed by atoms with Crippen LogP contribution >= 0.6 is 0 Å². The van der Waals surface area contributed by atoms with E-state index in [1.54, 1.807) is 12.1 Å². The Kier molecular flexibility index (Phi) is 3.40. The van der Waals surface area contributed by atoms with E-state index in [2.05, 4.69) is 0 Å². The zero-order chi connectivity index (χ0) is 10.6. The van der Waals surface area contributed by atoms with Gasteiger partial charge in [-0.15, -0.1) is 0 Å². The summed E-state index contributed by atoms with van der Waals surface area (Å²) >= 11 is 0. The Hall–Kier alpha value is -1.64. The van der Waals surface area contributed by atoms with E-state index in [0.717, 1.165) is 5.56 Å². The van der Waals surface area contributed by atoms with E-state index in [0.29, 0.717) is 36.1 Å². The van der Waals surface area contributed by atoms with Gasteiger partial charge in [0, 0.05) is 5.56 Å². The summed E-state index contributed by atoms with van der Waals surface area (Å²) in [5.74, 6) is 0.476. The van der Waals surface area contributed by atoms with Crippen LogP contribution in [0.5, 0.6) is 5.75 Å². The molecule has 0 unspecified atom stereocenters. The molecule has 0 aliphatic heterocycles. The molecule has 0 amide bonds. The molecule has 14 heavy (non-hydrogen) atoms. The van der Waals surface area contributed by atoms with Crippen LogP contribution in [-0.4, -0.2) is 19.2 Å². The third-order valence-corrected chi connectivity index (χ3v) is 1.86. The molecule has 1 aromatic carbocycles. The lowest BCUT2D eigenvalue weighted by Crippen LogP contribution is -2.00. The lowest BCUT2D eigenvalue weighted by Gasteiger charge is -2.08. The molecule has 0 heterocycles. The summed E-state index contributed by atoms with van der Waals surface area (Å²) in [6, 6.07) is 3.42. The normalized spacial score (nSPS) is 9.57. The van der Waals surface area contributed by atoms with Crippen LogP contribution < -0.4 is 4.74 Å². The molecule has 0 saturated heterocycles. The van der Waals surface area contributed by atoms with Gasteiger partial charge in [0.1, 0.15) is 5.75 Å². The predicted molar refractivity (Wildman–Crippen MR) is 53.1 cm³/mol. The summed E-state index contributed by atoms with van der Waals surface area (Å²) in [6.45, 7) is 4.16. The molecule has 3 nitrogen and oxygen atoms in total. The number of rotatable bonds is 4. The summed E-state index contributed by atoms with van der Waals surface area (Å²) in [4.78, 5) is 21.4. The molecule has 0 fully saturated rings. The minimum absolute atomic E-state index is 0.326. The molecule has 0 saturated carbocycles. The van der Waals surface area contributed by atoms with Crippen LogP contribution in [-0.2, 0) is 0 Å². The molecule has 3 heteroatoms. The van der Waals surface area contributed by atoms with Crippen LogP contribution in [0.4, 0.5) is 0 Å². The van der Waals surface area contributed by atoms with Gasteiger partial charge in [-0.25, -0.2) is 0 Å². The maximum atomic E-state index is 10.8. The number of hydrogen-bond donors (Lipinski definition) is 0. The van der Waals surface area contributed by atoms with Crippen LogP contribution in [0.15, 0.2) is 12.1 Å². The predicted octanol–water partition coefficient (Wildman–Crippen LogP) is 2.02. The SMILES string of the molecule is CCOc1cc(C)cc(C=O)c1C=O. The number of ether oxygens (including phenoxy) is 1. The van der Waals surface area contributed by atoms with E-state index in [1.165, 1.54) is 0 Å². The van der Waals surface area contributed by atoms with Gasteiger partial charge in [-0.1, -0.05) is 0 Å². The van der Waals surface area contributed by atoms with Crippen molar-refractivity contribution in [3.8, 4) is 5.75 Å². The van der Waals surface area contributed by atoms with Crippen molar-refractivity contribution in [2.24, 2.45) is 0 Å². The maximum Gasteiger partial charge on any atom is 0.154 e. The third kappa shape index (κ3) is 1.99. The first-order chi connectivity index (χ1) is 6.72. The van der Waals surface area contributed by atoms with Crippen LogP contribution in [0.2, 0.25) is 0 Å². The maximum absolute atomic E-state index is 10.8. The Balaban J connectivity index is 3.30. The number of carbonyl (C=O) groups excluding carboxylic acids is 2. The average molecular weight is 192 g/mol. The molecular formula is C11H12O3. The molecule has 0 radical (unpaired) electrons. The second-order valence-corrected chi connectivity index (χ2v) is 2.93. The van der Waals surface area contributed by atoms with Crippen molar-refractivity contribution in [2.45, 2.75) is 13.8 Å². The highest BCUT2D eigenvalue weighted by molar-refractivity contribution is 5.93. The summed E-state index contributed by atoms with van der Waals surface area (Å²) in [7, 11) is 0. The van der Waals surface area contributed by atoms with Gasteiger partial charge in [-0.3, -0.25) is 9.59 Å². The van der Waals surface area contributed by atoms with Crippen molar-refractivity contribution in [1.29, 1.82) is 0 Å². The Morgan fingerprint density at radius 3 is 2.50 bits per heavy atom. The third-order valence-electron chi connectivity index (χ3n) is 1.86. The largest absolute Gasteiger partial charge is 0.493 e. The molecule has 1 aromatic rings. The van der Waals surface area contributed by atoms with Gasteiger partial charge in [0.15, 0.2) is 12.6 Å². The number of aryl methyl sites for hydroxylation is 1. The Labute approximate surface area is 82.7 Å². The fraction of sp³-hybridized carbons (Fsp3) is 0.273. The first-order valence-corrected chi connectivity index (χ1v) is 4.40. The highest BCUT2D eigenvalue weighted by atomic mass is 16.5. The lowest BCUT2D eigenvalue weighted by molar-refractivity contribution is 0.109. The second-order valence-electron chi connectivity index (χ2n) is 2.93. The van der Waals surface area contributed by atoms with Gasteiger partial charge in [0.25, 0.3) is 0 Å². The second kappa shape index (κ2) is 4.56. The van der Waals surface area contributed by atoms with Crippen LogP contribution in [0.3, 0.4) is 0 Å². The summed E-state index contributed by atoms with van der Waals surface area (Å²) in [5.41, 5.74) is 1.61. The van der Waals surface area contributed by atoms with E-state index in [9.17, 15) is 9.59 Å². The molecule has 0 aliphatic rings. The number of carbonyl (C=O) groups is 2. The first kappa shape index (κ1) is 10.4. The zero-order valence-corrected chi connectivity index (χ0v) is 8.24. The van der Waals surface area contributed by atoms with Gasteiger partial charge in [-0.2, -0.15) is 0 Å². The quantitative estimate of drug-likeness (QED) is 0.685. The average Bonchev–Trinajstić information content (AvgIpc) is 2.17. The summed E-state index contributed by atoms with van der Waals surface area (Å²) < 4.78 is 5.26. The molecule has 0 N–H and O–H groups in total. The van der Waals surface area contributed by atoms with Crippen LogP contribution in [0, 0.1) is 6.92 Å². The Morgan fingerprint density at radius 2 is 2.00 bits per heavy atom. The summed E-state index contributed by atoms with van der Waals surface area (Å²) in [5, 5.41) is 0. The van der Waals surface area contributed by atoms with Gasteiger partial charge in [0.05, 0.1) is 12.2 Å². The van der Waals surface area contributed by atoms with Crippen molar-refractivity contribution in [3.05, 3.63) is 28.8 Å². The number of aldehydes is 2. The molecule has 0 aromatic heterocycles. The number of hydrogen-bond acceptors (Lipinski definition) is 3.